The second-order valence-corrected chi connectivity index (χ2v) is 4.52. The lowest BCUT2D eigenvalue weighted by Gasteiger charge is -2.25. The Bertz CT molecular complexity index is 640. The highest BCUT2D eigenvalue weighted by molar-refractivity contribution is 5.96. The second-order valence-electron chi connectivity index (χ2n) is 4.52. The van der Waals surface area contributed by atoms with Crippen LogP contribution in [-0.4, -0.2) is 17.6 Å². The van der Waals surface area contributed by atoms with Crippen LogP contribution in [0.3, 0.4) is 0 Å². The zero-order valence-electron chi connectivity index (χ0n) is 11.4. The maximum Gasteiger partial charge on any atom is 0.340 e. The fraction of sp³-hybridized carbons (Fsp3) is 0.188. The fourth-order valence-electron chi connectivity index (χ4n) is 2.24. The van der Waals surface area contributed by atoms with Gasteiger partial charge in [-0.1, -0.05) is 18.2 Å². The molecule has 0 spiro atoms. The quantitative estimate of drug-likeness (QED) is 0.915. The smallest absolute Gasteiger partial charge is 0.340 e. The standard InChI is InChI=1S/C16H16FNO2/c1-3-18(12-7-4-6-11(2)10-12)14-9-5-8-13(17)15(14)16(19)20/h4-10H,3H2,1-2H3,(H,19,20). The summed E-state index contributed by atoms with van der Waals surface area (Å²) in [5, 5.41) is 9.23. The van der Waals surface area contributed by atoms with Gasteiger partial charge < -0.3 is 10.0 Å². The lowest BCUT2D eigenvalue weighted by atomic mass is 10.1. The van der Waals surface area contributed by atoms with Gasteiger partial charge in [0.2, 0.25) is 0 Å². The second kappa shape index (κ2) is 5.74. The van der Waals surface area contributed by atoms with Gasteiger partial charge in [-0.3, -0.25) is 0 Å². The fourth-order valence-corrected chi connectivity index (χ4v) is 2.24. The number of hydrogen-bond donors (Lipinski definition) is 1. The number of rotatable bonds is 4. The van der Waals surface area contributed by atoms with E-state index in [1.807, 2.05) is 38.1 Å². The number of benzene rings is 2. The Balaban J connectivity index is 2.58. The normalized spacial score (nSPS) is 10.3. The van der Waals surface area contributed by atoms with Crippen LogP contribution >= 0.6 is 0 Å². The predicted molar refractivity (Wildman–Crippen MR) is 77.2 cm³/mol. The first-order chi connectivity index (χ1) is 9.54. The molecule has 0 bridgehead atoms. The molecule has 0 amide bonds. The van der Waals surface area contributed by atoms with E-state index in [0.717, 1.165) is 17.3 Å². The van der Waals surface area contributed by atoms with Crippen LogP contribution in [0.1, 0.15) is 22.8 Å². The van der Waals surface area contributed by atoms with E-state index >= 15 is 0 Å². The van der Waals surface area contributed by atoms with Crippen molar-refractivity contribution >= 4 is 17.3 Å². The summed E-state index contributed by atoms with van der Waals surface area (Å²) in [5.41, 5.74) is 1.98. The highest BCUT2D eigenvalue weighted by Gasteiger charge is 2.20. The number of carboxylic acid groups (broad SMARTS) is 1. The molecule has 104 valence electrons. The van der Waals surface area contributed by atoms with Gasteiger partial charge in [0.25, 0.3) is 0 Å². The third kappa shape index (κ3) is 2.64. The molecular formula is C16H16FNO2. The molecule has 2 aromatic rings. The minimum Gasteiger partial charge on any atom is -0.478 e. The molecular weight excluding hydrogens is 257 g/mol. The van der Waals surface area contributed by atoms with Gasteiger partial charge in [0.05, 0.1) is 5.69 Å². The van der Waals surface area contributed by atoms with Gasteiger partial charge in [-0.25, -0.2) is 9.18 Å². The first-order valence-corrected chi connectivity index (χ1v) is 6.40. The molecule has 0 aliphatic carbocycles. The lowest BCUT2D eigenvalue weighted by molar-refractivity contribution is 0.0693. The number of halogens is 1. The Morgan fingerprint density at radius 2 is 1.95 bits per heavy atom. The van der Waals surface area contributed by atoms with E-state index in [4.69, 9.17) is 0 Å². The van der Waals surface area contributed by atoms with Crippen molar-refractivity contribution in [2.45, 2.75) is 13.8 Å². The number of nitrogens with zero attached hydrogens (tertiary/aromatic N) is 1. The van der Waals surface area contributed by atoms with Gasteiger partial charge >= 0.3 is 5.97 Å². The van der Waals surface area contributed by atoms with E-state index in [1.165, 1.54) is 6.07 Å². The van der Waals surface area contributed by atoms with Crippen LogP contribution < -0.4 is 4.90 Å². The molecule has 0 radical (unpaired) electrons. The number of carbonyl (C=O) groups is 1. The van der Waals surface area contributed by atoms with Gasteiger partial charge in [-0.05, 0) is 43.7 Å². The zero-order chi connectivity index (χ0) is 14.7. The third-order valence-corrected chi connectivity index (χ3v) is 3.13. The van der Waals surface area contributed by atoms with Crippen LogP contribution in [0.2, 0.25) is 0 Å². The monoisotopic (exact) mass is 273 g/mol. The Labute approximate surface area is 117 Å². The molecule has 0 fully saturated rings. The van der Waals surface area contributed by atoms with E-state index < -0.39 is 11.8 Å². The molecule has 1 N–H and O–H groups in total. The van der Waals surface area contributed by atoms with E-state index in [0.29, 0.717) is 12.2 Å². The topological polar surface area (TPSA) is 40.5 Å². The molecule has 0 aliphatic rings. The molecule has 0 aromatic heterocycles. The SMILES string of the molecule is CCN(c1cccc(C)c1)c1cccc(F)c1C(=O)O. The van der Waals surface area contributed by atoms with Crippen LogP contribution in [0.4, 0.5) is 15.8 Å². The molecule has 4 heteroatoms. The molecule has 2 aromatic carbocycles. The maximum absolute atomic E-state index is 13.8. The zero-order valence-corrected chi connectivity index (χ0v) is 11.4. The van der Waals surface area contributed by atoms with Gasteiger partial charge in [0.1, 0.15) is 11.4 Å². The molecule has 2 rings (SSSR count). The minimum atomic E-state index is -1.26. The molecule has 0 saturated heterocycles. The molecule has 0 unspecified atom stereocenters. The summed E-state index contributed by atoms with van der Waals surface area (Å²) in [4.78, 5) is 13.1. The molecule has 0 aliphatic heterocycles. The van der Waals surface area contributed by atoms with Crippen molar-refractivity contribution in [2.24, 2.45) is 0 Å². The average Bonchev–Trinajstić information content (AvgIpc) is 2.39. The minimum absolute atomic E-state index is 0.296. The summed E-state index contributed by atoms with van der Waals surface area (Å²) >= 11 is 0. The number of aromatic carboxylic acids is 1. The third-order valence-electron chi connectivity index (χ3n) is 3.13. The average molecular weight is 273 g/mol. The first kappa shape index (κ1) is 14.1. The first-order valence-electron chi connectivity index (χ1n) is 6.40. The van der Waals surface area contributed by atoms with Gasteiger partial charge in [-0.15, -0.1) is 0 Å². The molecule has 0 heterocycles. The largest absolute Gasteiger partial charge is 0.478 e. The molecule has 0 atom stereocenters. The highest BCUT2D eigenvalue weighted by Crippen LogP contribution is 2.30. The summed E-state index contributed by atoms with van der Waals surface area (Å²) in [6, 6.07) is 12.0. The molecule has 20 heavy (non-hydrogen) atoms. The Kier molecular flexibility index (Phi) is 4.03. The Hall–Kier alpha value is -2.36. The molecule has 3 nitrogen and oxygen atoms in total. The van der Waals surface area contributed by atoms with Crippen LogP contribution in [0.25, 0.3) is 0 Å². The number of hydrogen-bond acceptors (Lipinski definition) is 2. The van der Waals surface area contributed by atoms with Crippen molar-refractivity contribution in [1.82, 2.24) is 0 Å². The van der Waals surface area contributed by atoms with Crippen molar-refractivity contribution in [1.29, 1.82) is 0 Å². The van der Waals surface area contributed by atoms with Crippen molar-refractivity contribution in [3.05, 3.63) is 59.4 Å². The number of anilines is 2. The maximum atomic E-state index is 13.8. The summed E-state index contributed by atoms with van der Waals surface area (Å²) in [6.45, 7) is 4.41. The summed E-state index contributed by atoms with van der Waals surface area (Å²) < 4.78 is 13.8. The molecule has 0 saturated carbocycles. The van der Waals surface area contributed by atoms with Crippen LogP contribution in [0.5, 0.6) is 0 Å². The highest BCUT2D eigenvalue weighted by atomic mass is 19.1. The predicted octanol–water partition coefficient (Wildman–Crippen LogP) is 3.99. The van der Waals surface area contributed by atoms with Crippen molar-refractivity contribution in [3.63, 3.8) is 0 Å². The van der Waals surface area contributed by atoms with E-state index in [9.17, 15) is 14.3 Å². The van der Waals surface area contributed by atoms with Crippen molar-refractivity contribution in [3.8, 4) is 0 Å². The summed E-state index contributed by atoms with van der Waals surface area (Å²) in [7, 11) is 0. The van der Waals surface area contributed by atoms with E-state index in [-0.39, 0.29) is 5.56 Å². The van der Waals surface area contributed by atoms with Crippen LogP contribution in [0, 0.1) is 12.7 Å². The van der Waals surface area contributed by atoms with Crippen molar-refractivity contribution < 1.29 is 14.3 Å². The van der Waals surface area contributed by atoms with Crippen LogP contribution in [0.15, 0.2) is 42.5 Å². The van der Waals surface area contributed by atoms with Gasteiger partial charge in [0, 0.05) is 12.2 Å². The van der Waals surface area contributed by atoms with Crippen molar-refractivity contribution in [2.75, 3.05) is 11.4 Å². The van der Waals surface area contributed by atoms with Gasteiger partial charge in [0.15, 0.2) is 0 Å². The van der Waals surface area contributed by atoms with E-state index in [1.54, 1.807) is 11.0 Å². The summed E-state index contributed by atoms with van der Waals surface area (Å²) in [5.74, 6) is -1.98. The number of carboxylic acids is 1. The lowest BCUT2D eigenvalue weighted by Crippen LogP contribution is -2.20. The summed E-state index contributed by atoms with van der Waals surface area (Å²) in [6.07, 6.45) is 0. The number of aryl methyl sites for hydroxylation is 1. The van der Waals surface area contributed by atoms with Crippen LogP contribution in [-0.2, 0) is 0 Å². The Morgan fingerprint density at radius 3 is 2.55 bits per heavy atom. The van der Waals surface area contributed by atoms with E-state index in [2.05, 4.69) is 0 Å². The van der Waals surface area contributed by atoms with Gasteiger partial charge in [-0.2, -0.15) is 0 Å². The Morgan fingerprint density at radius 1 is 1.25 bits per heavy atom.